The Balaban J connectivity index is 1.67. The van der Waals surface area contributed by atoms with E-state index in [0.717, 1.165) is 18.5 Å². The fourth-order valence-corrected chi connectivity index (χ4v) is 2.74. The molecule has 0 aromatic carbocycles. The molecule has 0 spiro atoms. The molecule has 1 fully saturated rings. The van der Waals surface area contributed by atoms with E-state index >= 15 is 0 Å². The molecule has 9 nitrogen and oxygen atoms in total. The number of carboxylic acids is 1. The molecule has 0 saturated heterocycles. The normalized spacial score (nSPS) is 13.0. The topological polar surface area (TPSA) is 130 Å². The lowest BCUT2D eigenvalue weighted by molar-refractivity contribution is 0.0698. The van der Waals surface area contributed by atoms with Gasteiger partial charge in [-0.1, -0.05) is 0 Å². The van der Waals surface area contributed by atoms with Crippen molar-refractivity contribution >= 4 is 28.9 Å². The van der Waals surface area contributed by atoms with Crippen LogP contribution >= 0.6 is 0 Å². The molecule has 0 bridgehead atoms. The van der Waals surface area contributed by atoms with Gasteiger partial charge in [-0.2, -0.15) is 0 Å². The van der Waals surface area contributed by atoms with Gasteiger partial charge in [0, 0.05) is 17.8 Å². The van der Waals surface area contributed by atoms with Crippen LogP contribution in [-0.2, 0) is 0 Å². The summed E-state index contributed by atoms with van der Waals surface area (Å²) >= 11 is 0. The van der Waals surface area contributed by atoms with Crippen LogP contribution in [0.4, 0.5) is 17.1 Å². The van der Waals surface area contributed by atoms with Crippen LogP contribution in [0.1, 0.15) is 45.3 Å². The van der Waals surface area contributed by atoms with Crippen molar-refractivity contribution in [1.82, 2.24) is 19.9 Å². The fourth-order valence-electron chi connectivity index (χ4n) is 2.74. The zero-order valence-electron chi connectivity index (χ0n) is 14.7. The molecule has 140 valence electrons. The summed E-state index contributed by atoms with van der Waals surface area (Å²) in [6.45, 7) is 0. The van der Waals surface area contributed by atoms with Crippen LogP contribution < -0.4 is 10.6 Å². The van der Waals surface area contributed by atoms with Crippen LogP contribution in [0.2, 0.25) is 0 Å². The summed E-state index contributed by atoms with van der Waals surface area (Å²) in [5, 5.41) is 15.0. The second-order valence-electron chi connectivity index (χ2n) is 6.34. The van der Waals surface area contributed by atoms with Crippen LogP contribution in [0.5, 0.6) is 0 Å². The number of aromatic carboxylic acids is 1. The number of pyridine rings is 2. The molecule has 1 aliphatic rings. The molecule has 0 radical (unpaired) electrons. The second-order valence-corrected chi connectivity index (χ2v) is 6.34. The van der Waals surface area contributed by atoms with E-state index in [-0.39, 0.29) is 16.9 Å². The molecule has 0 aliphatic heterocycles. The van der Waals surface area contributed by atoms with Crippen molar-refractivity contribution < 1.29 is 14.7 Å². The first-order chi connectivity index (χ1) is 13.6. The highest BCUT2D eigenvalue weighted by atomic mass is 16.4. The van der Waals surface area contributed by atoms with E-state index in [1.165, 1.54) is 24.8 Å². The predicted octanol–water partition coefficient (Wildman–Crippen LogP) is 2.84. The van der Waals surface area contributed by atoms with Crippen molar-refractivity contribution in [3.63, 3.8) is 0 Å². The first kappa shape index (κ1) is 17.5. The molecular formula is C19H16N6O3. The van der Waals surface area contributed by atoms with Gasteiger partial charge in [0.05, 0.1) is 41.2 Å². The molecule has 3 aromatic heterocycles. The molecule has 1 aliphatic carbocycles. The molecule has 9 heteroatoms. The van der Waals surface area contributed by atoms with Crippen molar-refractivity contribution in [2.75, 3.05) is 10.6 Å². The second kappa shape index (κ2) is 7.39. The molecule has 3 N–H and O–H groups in total. The van der Waals surface area contributed by atoms with Crippen molar-refractivity contribution in [2.45, 2.75) is 18.8 Å². The zero-order chi connectivity index (χ0) is 19.5. The Morgan fingerprint density at radius 2 is 1.79 bits per heavy atom. The average molecular weight is 376 g/mol. The number of nitrogens with one attached hydrogen (secondary N) is 2. The van der Waals surface area contributed by atoms with Gasteiger partial charge < -0.3 is 15.7 Å². The summed E-state index contributed by atoms with van der Waals surface area (Å²) in [7, 11) is 0. The summed E-state index contributed by atoms with van der Waals surface area (Å²) in [5.41, 5.74) is 2.13. The minimum absolute atomic E-state index is 0.0485. The molecule has 1 saturated carbocycles. The average Bonchev–Trinajstić information content (AvgIpc) is 3.54. The van der Waals surface area contributed by atoms with E-state index in [1.807, 2.05) is 6.07 Å². The predicted molar refractivity (Wildman–Crippen MR) is 101 cm³/mol. The lowest BCUT2D eigenvalue weighted by atomic mass is 10.2. The number of nitrogens with zero attached hydrogens (tertiary/aromatic N) is 4. The van der Waals surface area contributed by atoms with Gasteiger partial charge in [-0.3, -0.25) is 9.78 Å². The van der Waals surface area contributed by atoms with Gasteiger partial charge in [0.25, 0.3) is 5.91 Å². The lowest BCUT2D eigenvalue weighted by Gasteiger charge is -2.13. The monoisotopic (exact) mass is 376 g/mol. The van der Waals surface area contributed by atoms with Gasteiger partial charge in [-0.05, 0) is 31.0 Å². The van der Waals surface area contributed by atoms with E-state index < -0.39 is 11.9 Å². The third kappa shape index (κ3) is 3.78. The van der Waals surface area contributed by atoms with Crippen molar-refractivity contribution in [2.24, 2.45) is 0 Å². The number of rotatable bonds is 6. The number of carboxylic acid groups (broad SMARTS) is 1. The molecular weight excluding hydrogens is 360 g/mol. The number of hydrogen-bond donors (Lipinski definition) is 3. The Kier molecular flexibility index (Phi) is 4.63. The lowest BCUT2D eigenvalue weighted by Crippen LogP contribution is -2.18. The van der Waals surface area contributed by atoms with Crippen LogP contribution in [-0.4, -0.2) is 36.9 Å². The number of carbonyl (C=O) groups excluding carboxylic acids is 1. The van der Waals surface area contributed by atoms with Gasteiger partial charge in [0.2, 0.25) is 0 Å². The number of aromatic nitrogens is 4. The van der Waals surface area contributed by atoms with Crippen molar-refractivity contribution in [1.29, 1.82) is 0 Å². The smallest absolute Gasteiger partial charge is 0.337 e. The summed E-state index contributed by atoms with van der Waals surface area (Å²) < 4.78 is 0. The number of hydrogen-bond acceptors (Lipinski definition) is 7. The number of amides is 1. The third-order valence-corrected chi connectivity index (χ3v) is 4.27. The van der Waals surface area contributed by atoms with Gasteiger partial charge in [0.15, 0.2) is 5.69 Å². The Morgan fingerprint density at radius 1 is 1.00 bits per heavy atom. The standard InChI is InChI=1S/C19H16N6O3/c26-18(25-16-9-20-6-5-13(16)19(27)28)17-15(23-12-7-21-10-22-8-12)4-3-14(24-17)11-1-2-11/h3-11,23H,1-2H2,(H,25,26)(H,27,28). The Hall–Kier alpha value is -3.88. The third-order valence-electron chi connectivity index (χ3n) is 4.27. The minimum Gasteiger partial charge on any atom is -0.478 e. The highest BCUT2D eigenvalue weighted by Crippen LogP contribution is 2.39. The van der Waals surface area contributed by atoms with E-state index in [4.69, 9.17) is 0 Å². The van der Waals surface area contributed by atoms with Crippen LogP contribution in [0.3, 0.4) is 0 Å². The maximum atomic E-state index is 12.9. The molecule has 0 unspecified atom stereocenters. The first-order valence-corrected chi connectivity index (χ1v) is 8.63. The summed E-state index contributed by atoms with van der Waals surface area (Å²) in [5.74, 6) is -1.33. The van der Waals surface area contributed by atoms with Gasteiger partial charge in [0.1, 0.15) is 6.33 Å². The molecule has 1 amide bonds. The van der Waals surface area contributed by atoms with Gasteiger partial charge in [-0.25, -0.2) is 19.7 Å². The molecule has 4 rings (SSSR count). The Bertz CT molecular complexity index is 1040. The van der Waals surface area contributed by atoms with E-state index in [0.29, 0.717) is 17.3 Å². The largest absolute Gasteiger partial charge is 0.478 e. The summed E-state index contributed by atoms with van der Waals surface area (Å²) in [6.07, 6.45) is 9.29. The Morgan fingerprint density at radius 3 is 2.50 bits per heavy atom. The van der Waals surface area contributed by atoms with Crippen LogP contribution in [0, 0.1) is 0 Å². The highest BCUT2D eigenvalue weighted by Gasteiger charge is 2.27. The number of anilines is 3. The zero-order valence-corrected chi connectivity index (χ0v) is 14.7. The van der Waals surface area contributed by atoms with Crippen molar-refractivity contribution in [3.8, 4) is 0 Å². The Labute approximate surface area is 159 Å². The van der Waals surface area contributed by atoms with Crippen LogP contribution in [0.25, 0.3) is 0 Å². The maximum Gasteiger partial charge on any atom is 0.337 e. The molecule has 3 aromatic rings. The van der Waals surface area contributed by atoms with Gasteiger partial charge >= 0.3 is 5.97 Å². The van der Waals surface area contributed by atoms with E-state index in [1.54, 1.807) is 18.5 Å². The summed E-state index contributed by atoms with van der Waals surface area (Å²) in [4.78, 5) is 40.6. The number of carbonyl (C=O) groups is 2. The molecule has 28 heavy (non-hydrogen) atoms. The molecule has 0 atom stereocenters. The minimum atomic E-state index is -1.16. The fraction of sp³-hybridized carbons (Fsp3) is 0.158. The van der Waals surface area contributed by atoms with E-state index in [9.17, 15) is 14.7 Å². The maximum absolute atomic E-state index is 12.9. The van der Waals surface area contributed by atoms with Gasteiger partial charge in [-0.15, -0.1) is 0 Å². The summed E-state index contributed by atoms with van der Waals surface area (Å²) in [6, 6.07) is 4.99. The first-order valence-electron chi connectivity index (χ1n) is 8.63. The SMILES string of the molecule is O=C(O)c1ccncc1NC(=O)c1nc(C2CC2)ccc1Nc1cncnc1. The van der Waals surface area contributed by atoms with Crippen LogP contribution in [0.15, 0.2) is 49.3 Å². The molecule has 3 heterocycles. The van der Waals surface area contributed by atoms with Crippen molar-refractivity contribution in [3.05, 3.63) is 66.3 Å². The quantitative estimate of drug-likeness (QED) is 0.599. The van der Waals surface area contributed by atoms with E-state index in [2.05, 4.69) is 30.6 Å². The highest BCUT2D eigenvalue weighted by molar-refractivity contribution is 6.09.